The summed E-state index contributed by atoms with van der Waals surface area (Å²) in [4.78, 5) is 10.6. The van der Waals surface area contributed by atoms with E-state index in [1.54, 1.807) is 0 Å². The zero-order chi connectivity index (χ0) is 23.0. The average molecular weight is 458 g/mol. The first-order chi connectivity index (χ1) is 15.1. The van der Waals surface area contributed by atoms with Gasteiger partial charge in [0.2, 0.25) is 0 Å². The maximum atomic E-state index is 9.19. The van der Waals surface area contributed by atoms with Crippen molar-refractivity contribution in [3.05, 3.63) is 65.5 Å². The molecule has 0 saturated heterocycles. The second-order valence-corrected chi connectivity index (χ2v) is 10.5. The van der Waals surface area contributed by atoms with E-state index in [1.807, 2.05) is 12.3 Å². The molecule has 2 aromatic heterocycles. The molecular weight excluding hydrogens is 426 g/mol. The summed E-state index contributed by atoms with van der Waals surface area (Å²) in [5, 5.41) is 1.27. The maximum absolute atomic E-state index is 9.19. The van der Waals surface area contributed by atoms with Crippen LogP contribution in [0.3, 0.4) is 0 Å². The van der Waals surface area contributed by atoms with Gasteiger partial charge in [-0.25, -0.2) is 4.98 Å². The number of rotatable bonds is 2. The van der Waals surface area contributed by atoms with Crippen LogP contribution in [0, 0.1) is 0 Å². The van der Waals surface area contributed by atoms with E-state index in [2.05, 4.69) is 65.4 Å². The molecule has 0 atom stereocenters. The molecule has 0 bridgehead atoms. The molecule has 0 unspecified atom stereocenters. The van der Waals surface area contributed by atoms with E-state index in [0.717, 1.165) is 44.4 Å². The van der Waals surface area contributed by atoms with Gasteiger partial charge in [0, 0.05) is 17.1 Å². The van der Waals surface area contributed by atoms with Gasteiger partial charge in [-0.2, -0.15) is 8.42 Å². The minimum Gasteiger partial charge on any atom is -0.368 e. The minimum absolute atomic E-state index is 0.0811. The normalized spacial score (nSPS) is 25.4. The fourth-order valence-electron chi connectivity index (χ4n) is 5.35. The highest BCUT2D eigenvalue weighted by Gasteiger charge is 2.49. The highest BCUT2D eigenvalue weighted by atomic mass is 32.2. The van der Waals surface area contributed by atoms with Gasteiger partial charge in [-0.1, -0.05) is 30.3 Å². The highest BCUT2D eigenvalue weighted by Crippen LogP contribution is 2.52. The average Bonchev–Trinajstić information content (AvgIpc) is 3.14. The van der Waals surface area contributed by atoms with Crippen molar-refractivity contribution < 1.29 is 17.7 Å². The molecule has 0 radical (unpaired) electrons. The Morgan fingerprint density at radius 1 is 1.06 bits per heavy atom. The first-order valence-electron chi connectivity index (χ1n) is 10.9. The molecule has 1 saturated carbocycles. The Morgan fingerprint density at radius 2 is 1.72 bits per heavy atom. The predicted molar refractivity (Wildman–Crippen MR) is 125 cm³/mol. The topological polar surface area (TPSA) is 95.5 Å². The number of nitrogens with one attached hydrogen (secondary N) is 1. The summed E-state index contributed by atoms with van der Waals surface area (Å²) in [6.07, 6.45) is 7.79. The molecule has 5 rings (SSSR count). The third-order valence-electron chi connectivity index (χ3n) is 6.92. The van der Waals surface area contributed by atoms with Gasteiger partial charge in [0.15, 0.2) is 0 Å². The molecule has 1 fully saturated rings. The molecule has 0 amide bonds. The van der Waals surface area contributed by atoms with Crippen LogP contribution in [0.15, 0.2) is 48.7 Å². The van der Waals surface area contributed by atoms with Crippen molar-refractivity contribution >= 4 is 21.2 Å². The van der Waals surface area contributed by atoms with Crippen molar-refractivity contribution in [2.45, 2.75) is 43.2 Å². The van der Waals surface area contributed by atoms with Crippen LogP contribution in [0.1, 0.15) is 42.5 Å². The van der Waals surface area contributed by atoms with Crippen molar-refractivity contribution in [3.8, 4) is 0 Å². The summed E-state index contributed by atoms with van der Waals surface area (Å²) in [5.41, 5.74) is 5.00. The standard InChI is InChI=1S/C23H27N3O.CH4O3S/c1-26(2)22(17-7-4-3-5-8-17)11-13-23(14-12-22)20-18(10-16-27-23)19-9-6-15-24-21(19)25-20;1-5(2,3)4/h3-9,15H,10-14,16H2,1-2H3,(H,24,25);1H3,(H,2,3,4). The zero-order valence-corrected chi connectivity index (χ0v) is 19.7. The minimum atomic E-state index is -3.67. The lowest BCUT2D eigenvalue weighted by Crippen LogP contribution is -2.50. The number of fused-ring (bicyclic) bond motifs is 4. The summed E-state index contributed by atoms with van der Waals surface area (Å²) < 4.78 is 32.4. The lowest BCUT2D eigenvalue weighted by atomic mass is 9.68. The molecule has 2 N–H and O–H groups in total. The third-order valence-corrected chi connectivity index (χ3v) is 6.92. The van der Waals surface area contributed by atoms with E-state index in [9.17, 15) is 8.42 Å². The largest absolute Gasteiger partial charge is 0.368 e. The number of pyridine rings is 1. The van der Waals surface area contributed by atoms with Crippen molar-refractivity contribution in [1.82, 2.24) is 14.9 Å². The van der Waals surface area contributed by atoms with Crippen molar-refractivity contribution in [3.63, 3.8) is 0 Å². The second-order valence-electron chi connectivity index (χ2n) is 9.00. The molecule has 32 heavy (non-hydrogen) atoms. The van der Waals surface area contributed by atoms with Crippen LogP contribution in [-0.2, 0) is 32.4 Å². The van der Waals surface area contributed by atoms with Gasteiger partial charge in [0.1, 0.15) is 11.2 Å². The Kier molecular flexibility index (Phi) is 6.15. The predicted octanol–water partition coefficient (Wildman–Crippen LogP) is 3.87. The summed E-state index contributed by atoms with van der Waals surface area (Å²) >= 11 is 0. The lowest BCUT2D eigenvalue weighted by molar-refractivity contribution is -0.113. The van der Waals surface area contributed by atoms with Crippen molar-refractivity contribution in [1.29, 1.82) is 0 Å². The van der Waals surface area contributed by atoms with Crippen LogP contribution in [-0.4, -0.2) is 54.8 Å². The quantitative estimate of drug-likeness (QED) is 0.567. The number of ether oxygens (including phenoxy) is 1. The number of nitrogens with zero attached hydrogens (tertiary/aromatic N) is 2. The maximum Gasteiger partial charge on any atom is 0.261 e. The van der Waals surface area contributed by atoms with Gasteiger partial charge < -0.3 is 9.72 Å². The molecule has 1 aliphatic carbocycles. The Balaban J connectivity index is 0.000000444. The van der Waals surface area contributed by atoms with Gasteiger partial charge >= 0.3 is 0 Å². The number of hydrogen-bond donors (Lipinski definition) is 2. The first kappa shape index (κ1) is 22.9. The molecule has 1 aliphatic heterocycles. The van der Waals surface area contributed by atoms with Crippen LogP contribution in [0.4, 0.5) is 0 Å². The number of H-pyrrole nitrogens is 1. The molecule has 1 spiro atoms. The van der Waals surface area contributed by atoms with Gasteiger partial charge in [-0.05, 0) is 69.5 Å². The Hall–Kier alpha value is -2.26. The second kappa shape index (κ2) is 8.59. The number of hydrogen-bond acceptors (Lipinski definition) is 5. The molecule has 172 valence electrons. The van der Waals surface area contributed by atoms with Gasteiger partial charge in [-0.3, -0.25) is 9.45 Å². The molecule has 8 heteroatoms. The smallest absolute Gasteiger partial charge is 0.261 e. The van der Waals surface area contributed by atoms with E-state index in [4.69, 9.17) is 9.29 Å². The van der Waals surface area contributed by atoms with Crippen LogP contribution >= 0.6 is 0 Å². The van der Waals surface area contributed by atoms with Crippen LogP contribution < -0.4 is 0 Å². The molecule has 1 aromatic carbocycles. The summed E-state index contributed by atoms with van der Waals surface area (Å²) in [5.74, 6) is 0. The van der Waals surface area contributed by atoms with Crippen molar-refractivity contribution in [2.75, 3.05) is 27.0 Å². The van der Waals surface area contributed by atoms with Crippen LogP contribution in [0.25, 0.3) is 11.0 Å². The molecule has 3 aromatic rings. The van der Waals surface area contributed by atoms with Gasteiger partial charge in [-0.15, -0.1) is 0 Å². The first-order valence-corrected chi connectivity index (χ1v) is 12.7. The summed E-state index contributed by atoms with van der Waals surface area (Å²) in [6.45, 7) is 0.801. The zero-order valence-electron chi connectivity index (χ0n) is 18.8. The van der Waals surface area contributed by atoms with E-state index in [-0.39, 0.29) is 11.1 Å². The van der Waals surface area contributed by atoms with E-state index in [1.165, 1.54) is 22.2 Å². The van der Waals surface area contributed by atoms with E-state index < -0.39 is 10.1 Å². The molecule has 3 heterocycles. The Labute approximate surface area is 189 Å². The summed E-state index contributed by atoms with van der Waals surface area (Å²) in [7, 11) is 0.760. The SMILES string of the molecule is CN(C)C1(c2ccccc2)CCC2(CC1)OCCc1c2[nH]c2ncccc12.CS(=O)(=O)O. The molecular formula is C24H31N3O4S. The monoisotopic (exact) mass is 457 g/mol. The van der Waals surface area contributed by atoms with Crippen LogP contribution in [0.5, 0.6) is 0 Å². The molecule has 2 aliphatic rings. The highest BCUT2D eigenvalue weighted by molar-refractivity contribution is 7.85. The number of aromatic amines is 1. The Bertz CT molecular complexity index is 1170. The fraction of sp³-hybridized carbons (Fsp3) is 0.458. The number of aromatic nitrogens is 2. The Morgan fingerprint density at radius 3 is 2.34 bits per heavy atom. The van der Waals surface area contributed by atoms with Crippen LogP contribution in [0.2, 0.25) is 0 Å². The van der Waals surface area contributed by atoms with Gasteiger partial charge in [0.05, 0.1) is 18.6 Å². The summed E-state index contributed by atoms with van der Waals surface area (Å²) in [6, 6.07) is 15.2. The third kappa shape index (κ3) is 4.32. The van der Waals surface area contributed by atoms with Gasteiger partial charge in [0.25, 0.3) is 10.1 Å². The number of benzene rings is 1. The van der Waals surface area contributed by atoms with E-state index in [0.29, 0.717) is 6.26 Å². The lowest BCUT2D eigenvalue weighted by Gasteiger charge is -2.50. The van der Waals surface area contributed by atoms with Crippen molar-refractivity contribution in [2.24, 2.45) is 0 Å². The molecule has 7 nitrogen and oxygen atoms in total. The fourth-order valence-corrected chi connectivity index (χ4v) is 5.35. The van der Waals surface area contributed by atoms with E-state index >= 15 is 0 Å².